The molecule has 0 bridgehead atoms. The van der Waals surface area contributed by atoms with Crippen LogP contribution in [0.2, 0.25) is 0 Å². The fourth-order valence-corrected chi connectivity index (χ4v) is 3.92. The monoisotopic (exact) mass is 466 g/mol. The van der Waals surface area contributed by atoms with E-state index in [0.29, 0.717) is 21.1 Å². The van der Waals surface area contributed by atoms with Crippen molar-refractivity contribution < 1.29 is 26.8 Å². The summed E-state index contributed by atoms with van der Waals surface area (Å²) in [6, 6.07) is 8.72. The highest BCUT2D eigenvalue weighted by atomic mass is 32.1. The Hall–Kier alpha value is -3.51. The van der Waals surface area contributed by atoms with Gasteiger partial charge in [-0.25, -0.2) is 14.2 Å². The van der Waals surface area contributed by atoms with E-state index in [-0.39, 0.29) is 30.3 Å². The van der Waals surface area contributed by atoms with Gasteiger partial charge in [-0.15, -0.1) is 11.3 Å². The van der Waals surface area contributed by atoms with Crippen LogP contribution in [0, 0.1) is 5.82 Å². The van der Waals surface area contributed by atoms with E-state index in [1.807, 2.05) is 0 Å². The van der Waals surface area contributed by atoms with E-state index >= 15 is 0 Å². The number of nitrogens with one attached hydrogen (secondary N) is 1. The van der Waals surface area contributed by atoms with E-state index in [1.54, 1.807) is 0 Å². The average molecular weight is 466 g/mol. The van der Waals surface area contributed by atoms with Crippen molar-refractivity contribution in [2.45, 2.75) is 19.3 Å². The van der Waals surface area contributed by atoms with E-state index in [4.69, 9.17) is 10.5 Å². The summed E-state index contributed by atoms with van der Waals surface area (Å²) in [4.78, 5) is 18.5. The highest BCUT2D eigenvalue weighted by Gasteiger charge is 2.30. The maximum Gasteiger partial charge on any atom is 0.439 e. The smallest absolute Gasteiger partial charge is 0.439 e. The molecule has 4 rings (SSSR count). The Kier molecular flexibility index (Phi) is 5.80. The standard InChI is InChI=1S/C20H14F4N4O3S/c21-12-2-1-3-14(16(12)17-27-19(29)31-28-17)30-9-15-13(8-25)26-18(32-15)10-4-6-11(7-5-10)20(22,23)24/h1-7H,8-9,25H2,(H,27,28,29). The predicted molar refractivity (Wildman–Crippen MR) is 107 cm³/mol. The number of aromatic amines is 1. The fourth-order valence-electron chi connectivity index (χ4n) is 2.92. The molecule has 0 amide bonds. The van der Waals surface area contributed by atoms with Crippen LogP contribution in [0.25, 0.3) is 22.0 Å². The summed E-state index contributed by atoms with van der Waals surface area (Å²) in [7, 11) is 0. The zero-order valence-corrected chi connectivity index (χ0v) is 16.9. The van der Waals surface area contributed by atoms with Crippen LogP contribution in [0.1, 0.15) is 16.1 Å². The van der Waals surface area contributed by atoms with Gasteiger partial charge in [0, 0.05) is 12.1 Å². The van der Waals surface area contributed by atoms with Gasteiger partial charge in [-0.1, -0.05) is 23.4 Å². The second-order valence-corrected chi connectivity index (χ2v) is 7.60. The molecule has 0 saturated heterocycles. The number of H-pyrrole nitrogens is 1. The minimum atomic E-state index is -4.43. The van der Waals surface area contributed by atoms with Crippen molar-refractivity contribution in [3.8, 4) is 27.7 Å². The number of benzene rings is 2. The van der Waals surface area contributed by atoms with Crippen molar-refractivity contribution >= 4 is 11.3 Å². The summed E-state index contributed by atoms with van der Waals surface area (Å²) in [6.45, 7) is 0.0335. The minimum absolute atomic E-state index is 0.0383. The van der Waals surface area contributed by atoms with Crippen molar-refractivity contribution in [3.05, 3.63) is 75.0 Å². The van der Waals surface area contributed by atoms with Crippen molar-refractivity contribution in [2.24, 2.45) is 5.73 Å². The molecule has 0 radical (unpaired) electrons. The second-order valence-electron chi connectivity index (χ2n) is 6.51. The van der Waals surface area contributed by atoms with E-state index in [9.17, 15) is 22.4 Å². The minimum Gasteiger partial charge on any atom is -0.487 e. The highest BCUT2D eigenvalue weighted by molar-refractivity contribution is 7.15. The van der Waals surface area contributed by atoms with Crippen LogP contribution in [-0.2, 0) is 19.3 Å². The molecule has 7 nitrogen and oxygen atoms in total. The SMILES string of the molecule is NCc1nc(-c2ccc(C(F)(F)F)cc2)sc1COc1cccc(F)c1-c1noc(=O)[nH]1. The van der Waals surface area contributed by atoms with Crippen molar-refractivity contribution in [3.63, 3.8) is 0 Å². The maximum absolute atomic E-state index is 14.4. The molecule has 0 aliphatic carbocycles. The Morgan fingerprint density at radius 3 is 2.53 bits per heavy atom. The molecule has 0 fully saturated rings. The summed E-state index contributed by atoms with van der Waals surface area (Å²) in [5.41, 5.74) is 5.91. The number of alkyl halides is 3. The van der Waals surface area contributed by atoms with Crippen molar-refractivity contribution in [1.82, 2.24) is 15.1 Å². The number of hydrogen-bond donors (Lipinski definition) is 2. The molecule has 0 aliphatic rings. The molecule has 0 unspecified atom stereocenters. The molecule has 4 aromatic rings. The largest absolute Gasteiger partial charge is 0.487 e. The number of rotatable bonds is 6. The lowest BCUT2D eigenvalue weighted by molar-refractivity contribution is -0.137. The maximum atomic E-state index is 14.4. The molecule has 2 aromatic heterocycles. The average Bonchev–Trinajstić information content (AvgIpc) is 3.37. The Balaban J connectivity index is 1.60. The third-order valence-corrected chi connectivity index (χ3v) is 5.56. The normalized spacial score (nSPS) is 11.7. The van der Waals surface area contributed by atoms with Crippen LogP contribution in [0.5, 0.6) is 5.75 Å². The molecular weight excluding hydrogens is 452 g/mol. The highest BCUT2D eigenvalue weighted by Crippen LogP contribution is 2.35. The molecule has 2 aromatic carbocycles. The van der Waals surface area contributed by atoms with Crippen LogP contribution in [0.3, 0.4) is 0 Å². The number of ether oxygens (including phenoxy) is 1. The lowest BCUT2D eigenvalue weighted by Crippen LogP contribution is -2.04. The molecule has 12 heteroatoms. The van der Waals surface area contributed by atoms with E-state index in [2.05, 4.69) is 19.6 Å². The number of nitrogens with zero attached hydrogens (tertiary/aromatic N) is 2. The molecule has 0 atom stereocenters. The zero-order chi connectivity index (χ0) is 22.9. The molecule has 0 aliphatic heterocycles. The number of aromatic nitrogens is 3. The second kappa shape index (κ2) is 8.55. The summed E-state index contributed by atoms with van der Waals surface area (Å²) in [5, 5.41) is 3.96. The number of hydrogen-bond acceptors (Lipinski definition) is 7. The van der Waals surface area contributed by atoms with Crippen molar-refractivity contribution in [1.29, 1.82) is 0 Å². The van der Waals surface area contributed by atoms with Crippen LogP contribution in [0.15, 0.2) is 51.8 Å². The fraction of sp³-hybridized carbons (Fsp3) is 0.150. The van der Waals surface area contributed by atoms with Gasteiger partial charge < -0.3 is 10.5 Å². The van der Waals surface area contributed by atoms with Gasteiger partial charge in [-0.3, -0.25) is 9.51 Å². The zero-order valence-electron chi connectivity index (χ0n) is 16.1. The van der Waals surface area contributed by atoms with Gasteiger partial charge in [0.2, 0.25) is 0 Å². The molecular formula is C20H14F4N4O3S. The quantitative estimate of drug-likeness (QED) is 0.409. The van der Waals surface area contributed by atoms with Gasteiger partial charge in [0.25, 0.3) is 0 Å². The molecule has 32 heavy (non-hydrogen) atoms. The first-order valence-electron chi connectivity index (χ1n) is 9.10. The van der Waals surface area contributed by atoms with E-state index in [0.717, 1.165) is 12.1 Å². The molecule has 0 spiro atoms. The van der Waals surface area contributed by atoms with Crippen molar-refractivity contribution in [2.75, 3.05) is 0 Å². The van der Waals surface area contributed by atoms with Gasteiger partial charge in [0.15, 0.2) is 5.82 Å². The van der Waals surface area contributed by atoms with Gasteiger partial charge in [0.1, 0.15) is 23.2 Å². The summed E-state index contributed by atoms with van der Waals surface area (Å²) in [5.74, 6) is -1.55. The van der Waals surface area contributed by atoms with E-state index < -0.39 is 23.3 Å². The van der Waals surface area contributed by atoms with Gasteiger partial charge in [-0.05, 0) is 24.3 Å². The van der Waals surface area contributed by atoms with Crippen LogP contribution in [-0.4, -0.2) is 15.1 Å². The molecule has 2 heterocycles. The Morgan fingerprint density at radius 2 is 1.91 bits per heavy atom. The summed E-state index contributed by atoms with van der Waals surface area (Å²) >= 11 is 1.20. The first kappa shape index (κ1) is 21.7. The molecule has 0 saturated carbocycles. The van der Waals surface area contributed by atoms with Gasteiger partial charge in [0.05, 0.1) is 21.7 Å². The Labute approximate surface area is 181 Å². The Morgan fingerprint density at radius 1 is 1.16 bits per heavy atom. The van der Waals surface area contributed by atoms with E-state index in [1.165, 1.54) is 41.7 Å². The summed E-state index contributed by atoms with van der Waals surface area (Å²) in [6.07, 6.45) is -4.43. The van der Waals surface area contributed by atoms with Crippen LogP contribution < -0.4 is 16.2 Å². The number of halogens is 4. The Bertz CT molecular complexity index is 1300. The van der Waals surface area contributed by atoms with Crippen LogP contribution >= 0.6 is 11.3 Å². The molecule has 3 N–H and O–H groups in total. The van der Waals surface area contributed by atoms with Crippen LogP contribution in [0.4, 0.5) is 17.6 Å². The predicted octanol–water partition coefficient (Wildman–Crippen LogP) is 4.35. The number of thiazole rings is 1. The number of nitrogens with two attached hydrogens (primary N) is 1. The summed E-state index contributed by atoms with van der Waals surface area (Å²) < 4.78 is 62.9. The third-order valence-electron chi connectivity index (χ3n) is 4.44. The lowest BCUT2D eigenvalue weighted by atomic mass is 10.1. The first-order chi connectivity index (χ1) is 15.3. The molecule has 166 valence electrons. The van der Waals surface area contributed by atoms with Gasteiger partial charge >= 0.3 is 11.9 Å². The lowest BCUT2D eigenvalue weighted by Gasteiger charge is -2.10. The third kappa shape index (κ3) is 4.41. The first-order valence-corrected chi connectivity index (χ1v) is 9.92. The van der Waals surface area contributed by atoms with Gasteiger partial charge in [-0.2, -0.15) is 13.2 Å². The topological polar surface area (TPSA) is 107 Å².